The average Bonchev–Trinajstić information content (AvgIpc) is 3.48. The first-order chi connectivity index (χ1) is 17.0. The van der Waals surface area contributed by atoms with E-state index in [1.807, 2.05) is 29.0 Å². The van der Waals surface area contributed by atoms with Crippen molar-refractivity contribution in [1.82, 2.24) is 29.5 Å². The first kappa shape index (κ1) is 21.5. The second-order valence-corrected chi connectivity index (χ2v) is 9.12. The minimum Gasteiger partial charge on any atom is -0.338 e. The van der Waals surface area contributed by atoms with Gasteiger partial charge in [0, 0.05) is 49.7 Å². The Morgan fingerprint density at radius 2 is 2.00 bits per heavy atom. The molecule has 2 amide bonds. The molecule has 2 unspecified atom stereocenters. The lowest BCUT2D eigenvalue weighted by Crippen LogP contribution is -2.50. The van der Waals surface area contributed by atoms with Crippen LogP contribution in [0.1, 0.15) is 6.42 Å². The smallest absolute Gasteiger partial charge is 0.326 e. The number of benzene rings is 1. The van der Waals surface area contributed by atoms with Crippen molar-refractivity contribution in [3.63, 3.8) is 0 Å². The Labute approximate surface area is 201 Å². The quantitative estimate of drug-likeness (QED) is 0.488. The van der Waals surface area contributed by atoms with Gasteiger partial charge in [0.05, 0.1) is 29.0 Å². The minimum absolute atomic E-state index is 0.0334. The first-order valence-electron chi connectivity index (χ1n) is 11.6. The van der Waals surface area contributed by atoms with Gasteiger partial charge in [0.1, 0.15) is 17.5 Å². The number of aromatic nitrogens is 4. The van der Waals surface area contributed by atoms with E-state index in [0.29, 0.717) is 28.5 Å². The van der Waals surface area contributed by atoms with E-state index in [0.717, 1.165) is 24.9 Å². The van der Waals surface area contributed by atoms with Gasteiger partial charge < -0.3 is 15.1 Å². The van der Waals surface area contributed by atoms with Crippen LogP contribution in [0.4, 0.5) is 26.5 Å². The third-order valence-corrected chi connectivity index (χ3v) is 6.88. The van der Waals surface area contributed by atoms with E-state index < -0.39 is 5.82 Å². The van der Waals surface area contributed by atoms with E-state index in [4.69, 9.17) is 4.98 Å². The molecule has 0 aliphatic carbocycles. The maximum atomic E-state index is 14.8. The van der Waals surface area contributed by atoms with Gasteiger partial charge in [0.25, 0.3) is 0 Å². The number of likely N-dealkylation sites (N-methyl/N-ethyl adjacent to an activating group) is 2. The van der Waals surface area contributed by atoms with E-state index in [1.54, 1.807) is 47.5 Å². The van der Waals surface area contributed by atoms with Crippen LogP contribution in [0.2, 0.25) is 0 Å². The number of nitrogens with one attached hydrogen (secondary N) is 1. The number of rotatable bonds is 4. The Balaban J connectivity index is 1.29. The number of urea groups is 1. The number of amides is 2. The zero-order chi connectivity index (χ0) is 24.1. The van der Waals surface area contributed by atoms with Crippen LogP contribution in [0, 0.1) is 5.82 Å². The second kappa shape index (κ2) is 8.31. The molecule has 35 heavy (non-hydrogen) atoms. The molecule has 1 aromatic carbocycles. The second-order valence-electron chi connectivity index (χ2n) is 9.12. The summed E-state index contributed by atoms with van der Waals surface area (Å²) < 4.78 is 16.4. The van der Waals surface area contributed by atoms with Crippen LogP contribution in [-0.2, 0) is 0 Å². The fourth-order valence-electron chi connectivity index (χ4n) is 5.00. The number of likely N-dealkylation sites (tertiary alicyclic amines) is 1. The van der Waals surface area contributed by atoms with Crippen molar-refractivity contribution in [3.05, 3.63) is 66.9 Å². The number of hydrogen-bond donors (Lipinski definition) is 1. The zero-order valence-corrected chi connectivity index (χ0v) is 19.5. The molecule has 2 fully saturated rings. The standard InChI is InChI=1S/C25H25FN8O/c1-31-11-8-21-22(15-31)32(2)25(35)34(21)24-7-4-16-14-27-23(13-20(16)30-24)29-19-6-5-17(12-18(19)26)33-10-3-9-28-33/h3-7,9-10,12-14,21-22H,8,11,15H2,1-2H3,(H,27,29). The molecule has 2 aliphatic rings. The highest BCUT2D eigenvalue weighted by atomic mass is 19.1. The van der Waals surface area contributed by atoms with Gasteiger partial charge in [0.2, 0.25) is 0 Å². The lowest BCUT2D eigenvalue weighted by Gasteiger charge is -2.35. The van der Waals surface area contributed by atoms with Crippen LogP contribution in [0.15, 0.2) is 61.1 Å². The van der Waals surface area contributed by atoms with Gasteiger partial charge in [-0.25, -0.2) is 23.8 Å². The van der Waals surface area contributed by atoms with E-state index >= 15 is 0 Å². The molecule has 10 heteroatoms. The van der Waals surface area contributed by atoms with Crippen molar-refractivity contribution in [2.24, 2.45) is 0 Å². The van der Waals surface area contributed by atoms with E-state index in [2.05, 4.69) is 27.3 Å². The molecule has 9 nitrogen and oxygen atoms in total. The molecule has 2 saturated heterocycles. The summed E-state index contributed by atoms with van der Waals surface area (Å²) in [6.07, 6.45) is 5.99. The van der Waals surface area contributed by atoms with Crippen molar-refractivity contribution in [3.8, 4) is 5.69 Å². The number of hydrogen-bond acceptors (Lipinski definition) is 6. The monoisotopic (exact) mass is 472 g/mol. The molecule has 2 atom stereocenters. The molecular weight excluding hydrogens is 447 g/mol. The summed E-state index contributed by atoms with van der Waals surface area (Å²) in [6.45, 7) is 1.79. The number of carbonyl (C=O) groups is 1. The number of piperidine rings is 1. The SMILES string of the molecule is CN1CCC2C(C1)N(C)C(=O)N2c1ccc2cnc(Nc3ccc(-n4cccn4)cc3F)cc2n1. The molecule has 1 N–H and O–H groups in total. The fourth-order valence-corrected chi connectivity index (χ4v) is 5.00. The number of carbonyl (C=O) groups excluding carboxylic acids is 1. The summed E-state index contributed by atoms with van der Waals surface area (Å²) in [5, 5.41) is 8.01. The summed E-state index contributed by atoms with van der Waals surface area (Å²) in [7, 11) is 3.94. The average molecular weight is 473 g/mol. The van der Waals surface area contributed by atoms with Crippen molar-refractivity contribution in [2.75, 3.05) is 37.4 Å². The molecular formula is C25H25FN8O. The zero-order valence-electron chi connectivity index (χ0n) is 19.5. The summed E-state index contributed by atoms with van der Waals surface area (Å²) in [6, 6.07) is 12.4. The van der Waals surface area contributed by atoms with Crippen molar-refractivity contribution < 1.29 is 9.18 Å². The fraction of sp³-hybridized carbons (Fsp3) is 0.280. The lowest BCUT2D eigenvalue weighted by molar-refractivity contribution is 0.167. The highest BCUT2D eigenvalue weighted by Gasteiger charge is 2.47. The molecule has 6 rings (SSSR count). The first-order valence-corrected chi connectivity index (χ1v) is 11.6. The van der Waals surface area contributed by atoms with Crippen molar-refractivity contribution in [2.45, 2.75) is 18.5 Å². The molecule has 0 radical (unpaired) electrons. The van der Waals surface area contributed by atoms with Crippen LogP contribution < -0.4 is 10.2 Å². The Morgan fingerprint density at radius 3 is 2.80 bits per heavy atom. The Kier molecular flexibility index (Phi) is 5.10. The summed E-state index contributed by atoms with van der Waals surface area (Å²) in [5.41, 5.74) is 1.61. The van der Waals surface area contributed by atoms with Crippen molar-refractivity contribution >= 4 is 34.3 Å². The number of fused-ring (bicyclic) bond motifs is 2. The van der Waals surface area contributed by atoms with Crippen LogP contribution in [0.5, 0.6) is 0 Å². The van der Waals surface area contributed by atoms with Gasteiger partial charge >= 0.3 is 6.03 Å². The van der Waals surface area contributed by atoms with Gasteiger partial charge in [-0.3, -0.25) is 4.90 Å². The topological polar surface area (TPSA) is 82.4 Å². The third-order valence-electron chi connectivity index (χ3n) is 6.88. The normalized spacial score (nSPS) is 20.5. The maximum Gasteiger partial charge on any atom is 0.326 e. The van der Waals surface area contributed by atoms with Gasteiger partial charge in [-0.15, -0.1) is 0 Å². The van der Waals surface area contributed by atoms with E-state index in [1.165, 1.54) is 6.07 Å². The predicted octanol–water partition coefficient (Wildman–Crippen LogP) is 3.64. The molecule has 5 heterocycles. The highest BCUT2D eigenvalue weighted by molar-refractivity contribution is 5.96. The van der Waals surface area contributed by atoms with Gasteiger partial charge in [0.15, 0.2) is 0 Å². The van der Waals surface area contributed by atoms with E-state index in [-0.39, 0.29) is 18.1 Å². The number of pyridine rings is 2. The summed E-state index contributed by atoms with van der Waals surface area (Å²) in [5.74, 6) is 0.675. The highest BCUT2D eigenvalue weighted by Crippen LogP contribution is 2.33. The van der Waals surface area contributed by atoms with Gasteiger partial charge in [-0.2, -0.15) is 5.10 Å². The third kappa shape index (κ3) is 3.75. The predicted molar refractivity (Wildman–Crippen MR) is 132 cm³/mol. The van der Waals surface area contributed by atoms with Gasteiger partial charge in [-0.05, 0) is 50.3 Å². The van der Waals surface area contributed by atoms with Crippen LogP contribution in [0.25, 0.3) is 16.6 Å². The maximum absolute atomic E-state index is 14.8. The number of halogens is 1. The summed E-state index contributed by atoms with van der Waals surface area (Å²) >= 11 is 0. The minimum atomic E-state index is -0.416. The molecule has 2 aliphatic heterocycles. The largest absolute Gasteiger partial charge is 0.338 e. The van der Waals surface area contributed by atoms with Crippen molar-refractivity contribution in [1.29, 1.82) is 0 Å². The Morgan fingerprint density at radius 1 is 1.11 bits per heavy atom. The van der Waals surface area contributed by atoms with Crippen LogP contribution in [0.3, 0.4) is 0 Å². The Hall–Kier alpha value is -4.05. The number of anilines is 3. The van der Waals surface area contributed by atoms with Crippen LogP contribution in [-0.4, -0.2) is 74.8 Å². The lowest BCUT2D eigenvalue weighted by atomic mass is 10.00. The molecule has 178 valence electrons. The summed E-state index contributed by atoms with van der Waals surface area (Å²) in [4.78, 5) is 28.2. The molecule has 0 spiro atoms. The van der Waals surface area contributed by atoms with Crippen LogP contribution >= 0.6 is 0 Å². The molecule has 0 bridgehead atoms. The van der Waals surface area contributed by atoms with E-state index in [9.17, 15) is 9.18 Å². The van der Waals surface area contributed by atoms with Gasteiger partial charge in [-0.1, -0.05) is 0 Å². The number of nitrogens with zero attached hydrogens (tertiary/aromatic N) is 7. The Bertz CT molecular complexity index is 1410. The molecule has 0 saturated carbocycles. The molecule has 4 aromatic rings. The molecule has 3 aromatic heterocycles.